The van der Waals surface area contributed by atoms with Crippen molar-refractivity contribution >= 4 is 35.5 Å². The maximum absolute atomic E-state index is 13.3. The van der Waals surface area contributed by atoms with E-state index in [1.807, 2.05) is 33.8 Å². The van der Waals surface area contributed by atoms with E-state index in [2.05, 4.69) is 26.6 Å². The number of nitrogens with one attached hydrogen (secondary N) is 5. The van der Waals surface area contributed by atoms with Crippen molar-refractivity contribution < 1.29 is 33.5 Å². The van der Waals surface area contributed by atoms with Gasteiger partial charge in [-0.3, -0.25) is 24.0 Å². The fraction of sp³-hybridized carbons (Fsp3) is 0.600. The average molecular weight is 588 g/mol. The van der Waals surface area contributed by atoms with Gasteiger partial charge >= 0.3 is 5.97 Å². The first kappa shape index (κ1) is 34.2. The van der Waals surface area contributed by atoms with Gasteiger partial charge in [-0.1, -0.05) is 71.9 Å². The van der Waals surface area contributed by atoms with Crippen molar-refractivity contribution in [2.24, 2.45) is 17.8 Å². The Kier molecular flexibility index (Phi) is 13.4. The number of hydrogen-bond acceptors (Lipinski definition) is 7. The van der Waals surface area contributed by atoms with Crippen molar-refractivity contribution in [2.45, 2.75) is 85.0 Å². The molecule has 2 rings (SSSR count). The van der Waals surface area contributed by atoms with Crippen LogP contribution in [0, 0.1) is 17.8 Å². The highest BCUT2D eigenvalue weighted by Gasteiger charge is 2.32. The van der Waals surface area contributed by atoms with E-state index in [1.165, 1.54) is 0 Å². The molecule has 1 aliphatic rings. The molecule has 0 aliphatic carbocycles. The summed E-state index contributed by atoms with van der Waals surface area (Å²) in [6.45, 7) is 9.99. The average Bonchev–Trinajstić information content (AvgIpc) is 2.91. The van der Waals surface area contributed by atoms with Gasteiger partial charge in [-0.25, -0.2) is 4.79 Å². The van der Waals surface area contributed by atoms with Crippen molar-refractivity contribution in [1.29, 1.82) is 0 Å². The van der Waals surface area contributed by atoms with Gasteiger partial charge in [0.15, 0.2) is 6.10 Å². The van der Waals surface area contributed by atoms with Gasteiger partial charge < -0.3 is 31.3 Å². The molecule has 1 fully saturated rings. The lowest BCUT2D eigenvalue weighted by Gasteiger charge is -2.27. The number of carbonyl (C=O) groups is 6. The molecule has 0 bridgehead atoms. The van der Waals surface area contributed by atoms with Crippen molar-refractivity contribution in [2.75, 3.05) is 13.1 Å². The fourth-order valence-corrected chi connectivity index (χ4v) is 4.44. The first-order valence-electron chi connectivity index (χ1n) is 14.5. The molecule has 232 valence electrons. The zero-order chi connectivity index (χ0) is 31.4. The summed E-state index contributed by atoms with van der Waals surface area (Å²) in [6, 6.07) is 5.90. The molecule has 1 aromatic rings. The van der Waals surface area contributed by atoms with Gasteiger partial charge in [0.05, 0.1) is 13.1 Å². The number of esters is 1. The Morgan fingerprint density at radius 1 is 0.690 bits per heavy atom. The van der Waals surface area contributed by atoms with Crippen LogP contribution in [-0.2, 0) is 39.9 Å². The summed E-state index contributed by atoms with van der Waals surface area (Å²) in [5, 5.41) is 13.0. The van der Waals surface area contributed by atoms with E-state index in [4.69, 9.17) is 4.74 Å². The zero-order valence-corrected chi connectivity index (χ0v) is 25.3. The summed E-state index contributed by atoms with van der Waals surface area (Å²) in [7, 11) is 0. The normalized spacial score (nSPS) is 23.7. The lowest BCUT2D eigenvalue weighted by atomic mass is 10.0. The van der Waals surface area contributed by atoms with Gasteiger partial charge in [0.1, 0.15) is 18.1 Å². The SMILES string of the molecule is CC(C)CC1NC(=O)CNC(=O)C(Cc2ccccc2)NC(=O)C(C(C)C)NC(=O)CNC(=O)C(CC(C)C)OC1=O. The second-order valence-corrected chi connectivity index (χ2v) is 11.8. The summed E-state index contributed by atoms with van der Waals surface area (Å²) >= 11 is 0. The third-order valence-electron chi connectivity index (χ3n) is 6.59. The molecule has 0 radical (unpaired) electrons. The van der Waals surface area contributed by atoms with Crippen molar-refractivity contribution in [1.82, 2.24) is 26.6 Å². The molecule has 12 heteroatoms. The maximum atomic E-state index is 13.3. The van der Waals surface area contributed by atoms with Gasteiger partial charge in [0.2, 0.25) is 23.6 Å². The number of cyclic esters (lactones) is 1. The van der Waals surface area contributed by atoms with Crippen molar-refractivity contribution in [3.8, 4) is 0 Å². The molecule has 12 nitrogen and oxygen atoms in total. The van der Waals surface area contributed by atoms with Crippen LogP contribution < -0.4 is 26.6 Å². The maximum Gasteiger partial charge on any atom is 0.329 e. The lowest BCUT2D eigenvalue weighted by molar-refractivity contribution is -0.160. The molecule has 4 unspecified atom stereocenters. The van der Waals surface area contributed by atoms with E-state index in [9.17, 15) is 28.8 Å². The summed E-state index contributed by atoms with van der Waals surface area (Å²) in [5.41, 5.74) is 0.771. The Morgan fingerprint density at radius 3 is 1.83 bits per heavy atom. The smallest absolute Gasteiger partial charge is 0.329 e. The van der Waals surface area contributed by atoms with E-state index in [0.717, 1.165) is 5.56 Å². The second kappa shape index (κ2) is 16.5. The minimum Gasteiger partial charge on any atom is -0.451 e. The van der Waals surface area contributed by atoms with Gasteiger partial charge in [0.25, 0.3) is 5.91 Å². The predicted octanol–water partition coefficient (Wildman–Crippen LogP) is 0.590. The molecule has 0 spiro atoms. The summed E-state index contributed by atoms with van der Waals surface area (Å²) < 4.78 is 5.55. The largest absolute Gasteiger partial charge is 0.451 e. The Labute approximate surface area is 247 Å². The van der Waals surface area contributed by atoms with Gasteiger partial charge in [-0.05, 0) is 36.2 Å². The molecular weight excluding hydrogens is 542 g/mol. The van der Waals surface area contributed by atoms with Crippen LogP contribution in [0.2, 0.25) is 0 Å². The molecule has 1 aromatic carbocycles. The van der Waals surface area contributed by atoms with Crippen LogP contribution in [0.25, 0.3) is 0 Å². The topological polar surface area (TPSA) is 172 Å². The van der Waals surface area contributed by atoms with Crippen LogP contribution in [0.3, 0.4) is 0 Å². The first-order chi connectivity index (χ1) is 19.8. The number of benzene rings is 1. The lowest BCUT2D eigenvalue weighted by Crippen LogP contribution is -2.58. The Morgan fingerprint density at radius 2 is 1.26 bits per heavy atom. The number of amides is 5. The highest BCUT2D eigenvalue weighted by atomic mass is 16.5. The highest BCUT2D eigenvalue weighted by molar-refractivity contribution is 5.95. The molecule has 1 saturated heterocycles. The standard InChI is InChI=1S/C30H45N5O7/c1-17(2)12-22-30(41)42-23(13-18(3)4)28(39)32-16-25(37)35-26(19(5)6)29(40)34-21(14-20-10-8-7-9-11-20)27(38)31-15-24(36)33-22/h7-11,17-19,21-23,26H,12-16H2,1-6H3,(H,31,38)(H,32,39)(H,33,36)(H,34,40)(H,35,37). The first-order valence-corrected chi connectivity index (χ1v) is 14.5. The number of rotatable bonds is 7. The molecular formula is C30H45N5O7. The van der Waals surface area contributed by atoms with E-state index in [0.29, 0.717) is 0 Å². The summed E-state index contributed by atoms with van der Waals surface area (Å²) in [5.74, 6) is -4.28. The van der Waals surface area contributed by atoms with Crippen LogP contribution in [0.5, 0.6) is 0 Å². The van der Waals surface area contributed by atoms with E-state index in [1.54, 1.807) is 38.1 Å². The van der Waals surface area contributed by atoms with Crippen LogP contribution in [0.4, 0.5) is 0 Å². The van der Waals surface area contributed by atoms with Crippen LogP contribution >= 0.6 is 0 Å². The van der Waals surface area contributed by atoms with E-state index < -0.39 is 72.8 Å². The van der Waals surface area contributed by atoms with Crippen LogP contribution in [0.15, 0.2) is 30.3 Å². The van der Waals surface area contributed by atoms with Gasteiger partial charge in [-0.2, -0.15) is 0 Å². The van der Waals surface area contributed by atoms with Crippen LogP contribution in [-0.4, -0.2) is 72.8 Å². The Bertz CT molecular complexity index is 1110. The molecule has 42 heavy (non-hydrogen) atoms. The molecule has 5 N–H and O–H groups in total. The second-order valence-electron chi connectivity index (χ2n) is 11.8. The molecule has 0 aromatic heterocycles. The molecule has 0 saturated carbocycles. The van der Waals surface area contributed by atoms with Crippen molar-refractivity contribution in [3.63, 3.8) is 0 Å². The molecule has 1 aliphatic heterocycles. The molecule has 5 amide bonds. The third kappa shape index (κ3) is 11.5. The molecule has 4 atom stereocenters. The fourth-order valence-electron chi connectivity index (χ4n) is 4.44. The van der Waals surface area contributed by atoms with Crippen LogP contribution in [0.1, 0.15) is 59.9 Å². The Hall–Kier alpha value is -3.96. The van der Waals surface area contributed by atoms with Crippen molar-refractivity contribution in [3.05, 3.63) is 35.9 Å². The Balaban J connectivity index is 2.39. The summed E-state index contributed by atoms with van der Waals surface area (Å²) in [6.07, 6.45) is -0.634. The van der Waals surface area contributed by atoms with Gasteiger partial charge in [0, 0.05) is 6.42 Å². The van der Waals surface area contributed by atoms with E-state index in [-0.39, 0.29) is 37.0 Å². The monoisotopic (exact) mass is 587 g/mol. The van der Waals surface area contributed by atoms with Gasteiger partial charge in [-0.15, -0.1) is 0 Å². The summed E-state index contributed by atoms with van der Waals surface area (Å²) in [4.78, 5) is 78.2. The zero-order valence-electron chi connectivity index (χ0n) is 25.3. The quantitative estimate of drug-likeness (QED) is 0.291. The number of hydrogen-bond donors (Lipinski definition) is 5. The highest BCUT2D eigenvalue weighted by Crippen LogP contribution is 2.13. The van der Waals surface area contributed by atoms with E-state index >= 15 is 0 Å². The molecule has 1 heterocycles. The minimum absolute atomic E-state index is 0.00395. The predicted molar refractivity (Wildman–Crippen MR) is 156 cm³/mol. The minimum atomic E-state index is -1.20. The number of carbonyl (C=O) groups excluding carboxylic acids is 6. The third-order valence-corrected chi connectivity index (χ3v) is 6.59. The number of ether oxygens (including phenoxy) is 1.